The molecule has 100 valence electrons. The van der Waals surface area contributed by atoms with E-state index in [1.54, 1.807) is 0 Å². The van der Waals surface area contributed by atoms with Gasteiger partial charge in [0.25, 0.3) is 0 Å². The Morgan fingerprint density at radius 1 is 0.765 bits per heavy atom. The van der Waals surface area contributed by atoms with Crippen LogP contribution in [0.3, 0.4) is 0 Å². The highest BCUT2D eigenvalue weighted by molar-refractivity contribution is 4.87. The second kappa shape index (κ2) is 6.69. The van der Waals surface area contributed by atoms with Crippen LogP contribution in [0.15, 0.2) is 0 Å². The standard InChI is InChI=1S/C8H16N2.C5H12N2/c9-7-3-5-10(6-4-7)8-1-2-8;6-5-1-3-7-4-2-5/h7-8H,1-6,9H2;5,7H,1-4,6H2. The van der Waals surface area contributed by atoms with Gasteiger partial charge in [-0.3, -0.25) is 0 Å². The summed E-state index contributed by atoms with van der Waals surface area (Å²) in [5.74, 6) is 0. The number of likely N-dealkylation sites (tertiary alicyclic amines) is 1. The maximum atomic E-state index is 5.79. The highest BCUT2D eigenvalue weighted by Crippen LogP contribution is 2.28. The van der Waals surface area contributed by atoms with Gasteiger partial charge in [-0.2, -0.15) is 0 Å². The predicted molar refractivity (Wildman–Crippen MR) is 71.9 cm³/mol. The third-order valence-corrected chi connectivity index (χ3v) is 4.02. The van der Waals surface area contributed by atoms with E-state index in [0.29, 0.717) is 12.1 Å². The van der Waals surface area contributed by atoms with Crippen LogP contribution in [0.4, 0.5) is 0 Å². The zero-order valence-corrected chi connectivity index (χ0v) is 10.9. The van der Waals surface area contributed by atoms with Crippen LogP contribution in [-0.4, -0.2) is 49.2 Å². The topological polar surface area (TPSA) is 67.3 Å². The molecule has 2 aliphatic heterocycles. The van der Waals surface area contributed by atoms with Crippen LogP contribution >= 0.6 is 0 Å². The molecule has 1 aliphatic carbocycles. The second-order valence-corrected chi connectivity index (χ2v) is 5.69. The SMILES string of the molecule is NC1CCN(C2CC2)CC1.NC1CCNCC1. The molecule has 0 aromatic rings. The molecule has 0 spiro atoms. The van der Waals surface area contributed by atoms with Crippen LogP contribution in [0.2, 0.25) is 0 Å². The summed E-state index contributed by atoms with van der Waals surface area (Å²) in [5.41, 5.74) is 11.4. The Bertz CT molecular complexity index is 203. The molecule has 3 aliphatic rings. The lowest BCUT2D eigenvalue weighted by Gasteiger charge is -2.29. The molecule has 0 bridgehead atoms. The normalized spacial score (nSPS) is 28.6. The van der Waals surface area contributed by atoms with Gasteiger partial charge in [-0.1, -0.05) is 0 Å². The Labute approximate surface area is 105 Å². The number of nitrogens with two attached hydrogens (primary N) is 2. The van der Waals surface area contributed by atoms with Crippen LogP contribution in [0, 0.1) is 0 Å². The molecule has 0 aromatic heterocycles. The molecule has 2 saturated heterocycles. The molecule has 4 nitrogen and oxygen atoms in total. The van der Waals surface area contributed by atoms with Crippen LogP contribution in [0.25, 0.3) is 0 Å². The van der Waals surface area contributed by atoms with E-state index in [0.717, 1.165) is 32.0 Å². The van der Waals surface area contributed by atoms with Gasteiger partial charge in [0.15, 0.2) is 0 Å². The summed E-state index contributed by atoms with van der Waals surface area (Å²) in [5, 5.41) is 3.24. The fourth-order valence-corrected chi connectivity index (χ4v) is 2.57. The van der Waals surface area contributed by atoms with E-state index in [1.165, 1.54) is 38.8 Å². The van der Waals surface area contributed by atoms with Crippen molar-refractivity contribution in [1.29, 1.82) is 0 Å². The maximum absolute atomic E-state index is 5.79. The largest absolute Gasteiger partial charge is 0.328 e. The summed E-state index contributed by atoms with van der Waals surface area (Å²) in [7, 11) is 0. The van der Waals surface area contributed by atoms with Gasteiger partial charge in [0.2, 0.25) is 0 Å². The summed E-state index contributed by atoms with van der Waals surface area (Å²) < 4.78 is 0. The first kappa shape index (κ1) is 13.3. The van der Waals surface area contributed by atoms with E-state index in [9.17, 15) is 0 Å². The molecule has 5 N–H and O–H groups in total. The van der Waals surface area contributed by atoms with Gasteiger partial charge in [0, 0.05) is 18.1 Å². The second-order valence-electron chi connectivity index (χ2n) is 5.69. The zero-order chi connectivity index (χ0) is 12.1. The summed E-state index contributed by atoms with van der Waals surface area (Å²) in [6.07, 6.45) is 7.62. The lowest BCUT2D eigenvalue weighted by atomic mass is 10.1. The first-order valence-corrected chi connectivity index (χ1v) is 7.21. The third kappa shape index (κ3) is 4.92. The van der Waals surface area contributed by atoms with E-state index in [2.05, 4.69) is 10.2 Å². The molecule has 17 heavy (non-hydrogen) atoms. The van der Waals surface area contributed by atoms with Crippen molar-refractivity contribution in [3.63, 3.8) is 0 Å². The first-order valence-electron chi connectivity index (χ1n) is 7.21. The smallest absolute Gasteiger partial charge is 0.00964 e. The van der Waals surface area contributed by atoms with E-state index in [-0.39, 0.29) is 0 Å². The Morgan fingerprint density at radius 2 is 1.29 bits per heavy atom. The molecule has 0 unspecified atom stereocenters. The van der Waals surface area contributed by atoms with Crippen molar-refractivity contribution in [3.8, 4) is 0 Å². The van der Waals surface area contributed by atoms with Crippen molar-refractivity contribution in [2.45, 2.75) is 56.7 Å². The average Bonchev–Trinajstić information content (AvgIpc) is 3.16. The molecule has 0 atom stereocenters. The highest BCUT2D eigenvalue weighted by atomic mass is 15.2. The van der Waals surface area contributed by atoms with Crippen molar-refractivity contribution in [1.82, 2.24) is 10.2 Å². The van der Waals surface area contributed by atoms with Crippen LogP contribution < -0.4 is 16.8 Å². The molecular formula is C13H28N4. The quantitative estimate of drug-likeness (QED) is 0.615. The minimum Gasteiger partial charge on any atom is -0.328 e. The van der Waals surface area contributed by atoms with Crippen LogP contribution in [0.1, 0.15) is 38.5 Å². The number of hydrogen-bond acceptors (Lipinski definition) is 4. The van der Waals surface area contributed by atoms with E-state index in [4.69, 9.17) is 11.5 Å². The lowest BCUT2D eigenvalue weighted by Crippen LogP contribution is -2.40. The number of rotatable bonds is 1. The molecule has 4 heteroatoms. The van der Waals surface area contributed by atoms with Crippen molar-refractivity contribution < 1.29 is 0 Å². The van der Waals surface area contributed by atoms with Gasteiger partial charge >= 0.3 is 0 Å². The third-order valence-electron chi connectivity index (χ3n) is 4.02. The number of hydrogen-bond donors (Lipinski definition) is 3. The number of nitrogens with zero attached hydrogens (tertiary/aromatic N) is 1. The van der Waals surface area contributed by atoms with Crippen molar-refractivity contribution in [2.24, 2.45) is 11.5 Å². The maximum Gasteiger partial charge on any atom is 0.00964 e. The molecule has 0 radical (unpaired) electrons. The summed E-state index contributed by atoms with van der Waals surface area (Å²) in [6.45, 7) is 4.74. The van der Waals surface area contributed by atoms with Gasteiger partial charge < -0.3 is 21.7 Å². The lowest BCUT2D eigenvalue weighted by molar-refractivity contribution is 0.204. The highest BCUT2D eigenvalue weighted by Gasteiger charge is 2.30. The Balaban J connectivity index is 0.000000136. The molecular weight excluding hydrogens is 212 g/mol. The van der Waals surface area contributed by atoms with E-state index < -0.39 is 0 Å². The Kier molecular flexibility index (Phi) is 5.22. The Morgan fingerprint density at radius 3 is 1.71 bits per heavy atom. The van der Waals surface area contributed by atoms with Crippen molar-refractivity contribution in [2.75, 3.05) is 26.2 Å². The van der Waals surface area contributed by atoms with E-state index in [1.807, 2.05) is 0 Å². The van der Waals surface area contributed by atoms with Crippen LogP contribution in [-0.2, 0) is 0 Å². The molecule has 0 amide bonds. The first-order chi connectivity index (χ1) is 8.25. The fourth-order valence-electron chi connectivity index (χ4n) is 2.57. The summed E-state index contributed by atoms with van der Waals surface area (Å²) >= 11 is 0. The number of nitrogens with one attached hydrogen (secondary N) is 1. The van der Waals surface area contributed by atoms with Gasteiger partial charge in [-0.15, -0.1) is 0 Å². The number of piperidine rings is 2. The van der Waals surface area contributed by atoms with Crippen LogP contribution in [0.5, 0.6) is 0 Å². The minimum absolute atomic E-state index is 0.473. The molecule has 0 aromatic carbocycles. The van der Waals surface area contributed by atoms with E-state index >= 15 is 0 Å². The summed E-state index contributed by atoms with van der Waals surface area (Å²) in [6, 6.07) is 1.92. The molecule has 1 saturated carbocycles. The molecule has 3 fully saturated rings. The minimum atomic E-state index is 0.473. The Hall–Kier alpha value is -0.160. The van der Waals surface area contributed by atoms with Gasteiger partial charge in [0.1, 0.15) is 0 Å². The van der Waals surface area contributed by atoms with Crippen molar-refractivity contribution >= 4 is 0 Å². The molecule has 3 rings (SSSR count). The fraction of sp³-hybridized carbons (Fsp3) is 1.00. The molecule has 2 heterocycles. The monoisotopic (exact) mass is 240 g/mol. The van der Waals surface area contributed by atoms with Gasteiger partial charge in [0.05, 0.1) is 0 Å². The van der Waals surface area contributed by atoms with Gasteiger partial charge in [-0.05, 0) is 64.7 Å². The zero-order valence-electron chi connectivity index (χ0n) is 10.9. The van der Waals surface area contributed by atoms with Gasteiger partial charge in [-0.25, -0.2) is 0 Å². The average molecular weight is 240 g/mol. The predicted octanol–water partition coefficient (Wildman–Crippen LogP) is 0.269. The summed E-state index contributed by atoms with van der Waals surface area (Å²) in [4.78, 5) is 2.60. The van der Waals surface area contributed by atoms with Crippen molar-refractivity contribution in [3.05, 3.63) is 0 Å².